The van der Waals surface area contributed by atoms with E-state index >= 15 is 0 Å². The highest BCUT2D eigenvalue weighted by molar-refractivity contribution is 7.91. The number of aliphatic carboxylic acids is 1. The van der Waals surface area contributed by atoms with Gasteiger partial charge in [-0.1, -0.05) is 6.92 Å². The lowest BCUT2D eigenvalue weighted by atomic mass is 10.1. The van der Waals surface area contributed by atoms with Gasteiger partial charge in [-0.3, -0.25) is 9.59 Å². The van der Waals surface area contributed by atoms with Crippen LogP contribution in [0.1, 0.15) is 26.2 Å². The van der Waals surface area contributed by atoms with Crippen molar-refractivity contribution in [2.24, 2.45) is 0 Å². The highest BCUT2D eigenvalue weighted by Gasteiger charge is 2.26. The SMILES string of the molecule is CCC(CC(=O)O)NC(=O)CC1CS(=O)(=O)CCN1. The summed E-state index contributed by atoms with van der Waals surface area (Å²) in [5, 5.41) is 14.3. The Hall–Kier alpha value is -1.15. The van der Waals surface area contributed by atoms with Crippen LogP contribution in [0.4, 0.5) is 0 Å². The summed E-state index contributed by atoms with van der Waals surface area (Å²) in [6.45, 7) is 2.14. The molecule has 1 saturated heterocycles. The number of nitrogens with one attached hydrogen (secondary N) is 2. The van der Waals surface area contributed by atoms with Crippen LogP contribution in [0.15, 0.2) is 0 Å². The number of carbonyl (C=O) groups is 2. The molecule has 1 rings (SSSR count). The molecule has 0 bridgehead atoms. The third-order valence-electron chi connectivity index (χ3n) is 3.01. The Kier molecular flexibility index (Phi) is 5.74. The maximum Gasteiger partial charge on any atom is 0.305 e. The number of carboxylic acids is 1. The molecule has 1 aliphatic rings. The van der Waals surface area contributed by atoms with E-state index in [4.69, 9.17) is 5.11 Å². The minimum atomic E-state index is -3.07. The maximum absolute atomic E-state index is 11.7. The van der Waals surface area contributed by atoms with Crippen LogP contribution in [0.2, 0.25) is 0 Å². The van der Waals surface area contributed by atoms with E-state index in [-0.39, 0.29) is 36.3 Å². The number of sulfone groups is 1. The zero-order valence-corrected chi connectivity index (χ0v) is 11.7. The smallest absolute Gasteiger partial charge is 0.305 e. The molecule has 0 aromatic rings. The number of carboxylic acid groups (broad SMARTS) is 1. The van der Waals surface area contributed by atoms with Gasteiger partial charge in [-0.05, 0) is 6.42 Å². The predicted octanol–water partition coefficient (Wildman–Crippen LogP) is -0.867. The molecule has 1 fully saturated rings. The van der Waals surface area contributed by atoms with Crippen molar-refractivity contribution in [2.45, 2.75) is 38.3 Å². The second kappa shape index (κ2) is 6.85. The molecule has 19 heavy (non-hydrogen) atoms. The van der Waals surface area contributed by atoms with Crippen molar-refractivity contribution in [3.05, 3.63) is 0 Å². The summed E-state index contributed by atoms with van der Waals surface area (Å²) in [6.07, 6.45) is 0.447. The van der Waals surface area contributed by atoms with Crippen LogP contribution in [-0.4, -0.2) is 55.5 Å². The molecule has 7 nitrogen and oxygen atoms in total. The molecule has 2 atom stereocenters. The van der Waals surface area contributed by atoms with E-state index in [9.17, 15) is 18.0 Å². The Balaban J connectivity index is 2.44. The lowest BCUT2D eigenvalue weighted by molar-refractivity contribution is -0.137. The maximum atomic E-state index is 11.7. The molecule has 3 N–H and O–H groups in total. The van der Waals surface area contributed by atoms with Crippen LogP contribution >= 0.6 is 0 Å². The molecule has 0 aliphatic carbocycles. The quantitative estimate of drug-likeness (QED) is 0.587. The van der Waals surface area contributed by atoms with Crippen molar-refractivity contribution in [1.82, 2.24) is 10.6 Å². The predicted molar refractivity (Wildman–Crippen MR) is 69.5 cm³/mol. The minimum absolute atomic E-state index is 0.0455. The zero-order chi connectivity index (χ0) is 14.5. The Morgan fingerprint density at radius 2 is 2.16 bits per heavy atom. The van der Waals surface area contributed by atoms with Gasteiger partial charge in [0.25, 0.3) is 0 Å². The summed E-state index contributed by atoms with van der Waals surface area (Å²) >= 11 is 0. The molecule has 110 valence electrons. The fourth-order valence-corrected chi connectivity index (χ4v) is 3.46. The number of carbonyl (C=O) groups excluding carboxylic acids is 1. The zero-order valence-electron chi connectivity index (χ0n) is 10.9. The van der Waals surface area contributed by atoms with Gasteiger partial charge in [0.2, 0.25) is 5.91 Å². The normalized spacial score (nSPS) is 23.5. The van der Waals surface area contributed by atoms with Gasteiger partial charge in [0, 0.05) is 25.0 Å². The van der Waals surface area contributed by atoms with Crippen molar-refractivity contribution in [1.29, 1.82) is 0 Å². The molecule has 1 heterocycles. The Labute approximate surface area is 112 Å². The second-order valence-electron chi connectivity index (χ2n) is 4.74. The first kappa shape index (κ1) is 15.9. The number of hydrogen-bond donors (Lipinski definition) is 3. The lowest BCUT2D eigenvalue weighted by Crippen LogP contribution is -2.48. The van der Waals surface area contributed by atoms with Gasteiger partial charge in [0.15, 0.2) is 9.84 Å². The van der Waals surface area contributed by atoms with E-state index in [1.807, 2.05) is 0 Å². The van der Waals surface area contributed by atoms with Crippen molar-refractivity contribution < 1.29 is 23.1 Å². The number of amides is 1. The van der Waals surface area contributed by atoms with E-state index < -0.39 is 21.8 Å². The number of rotatable bonds is 6. The molecule has 1 amide bonds. The van der Waals surface area contributed by atoms with Crippen molar-refractivity contribution >= 4 is 21.7 Å². The fraction of sp³-hybridized carbons (Fsp3) is 0.818. The molecule has 0 radical (unpaired) electrons. The molecule has 0 saturated carbocycles. The Bertz CT molecular complexity index is 434. The second-order valence-corrected chi connectivity index (χ2v) is 6.97. The van der Waals surface area contributed by atoms with E-state index in [0.29, 0.717) is 13.0 Å². The van der Waals surface area contributed by atoms with E-state index in [1.54, 1.807) is 6.92 Å². The van der Waals surface area contributed by atoms with Crippen molar-refractivity contribution in [3.8, 4) is 0 Å². The van der Waals surface area contributed by atoms with Crippen LogP contribution in [0.5, 0.6) is 0 Å². The average Bonchev–Trinajstić information content (AvgIpc) is 2.25. The minimum Gasteiger partial charge on any atom is -0.481 e. The van der Waals surface area contributed by atoms with Crippen LogP contribution in [-0.2, 0) is 19.4 Å². The first-order chi connectivity index (χ1) is 8.82. The van der Waals surface area contributed by atoms with Crippen LogP contribution in [0.25, 0.3) is 0 Å². The summed E-state index contributed by atoms with van der Waals surface area (Å²) in [7, 11) is -3.07. The van der Waals surface area contributed by atoms with Gasteiger partial charge in [-0.25, -0.2) is 8.42 Å². The van der Waals surface area contributed by atoms with Gasteiger partial charge in [0.1, 0.15) is 0 Å². The summed E-state index contributed by atoms with van der Waals surface area (Å²) in [6, 6.07) is -0.800. The van der Waals surface area contributed by atoms with Crippen LogP contribution in [0, 0.1) is 0 Å². The van der Waals surface area contributed by atoms with Gasteiger partial charge < -0.3 is 15.7 Å². The molecule has 0 aromatic heterocycles. The first-order valence-corrected chi connectivity index (χ1v) is 8.09. The van der Waals surface area contributed by atoms with Crippen molar-refractivity contribution in [3.63, 3.8) is 0 Å². The topological polar surface area (TPSA) is 113 Å². The van der Waals surface area contributed by atoms with Gasteiger partial charge in [-0.15, -0.1) is 0 Å². The lowest BCUT2D eigenvalue weighted by Gasteiger charge is -2.24. The standard InChI is InChI=1S/C11H20N2O5S/c1-2-8(6-11(15)16)13-10(14)5-9-7-19(17,18)4-3-12-9/h8-9,12H,2-7H2,1H3,(H,13,14)(H,15,16). The number of hydrogen-bond acceptors (Lipinski definition) is 5. The van der Waals surface area contributed by atoms with Crippen LogP contribution in [0.3, 0.4) is 0 Å². The summed E-state index contributed by atoms with van der Waals surface area (Å²) in [5.74, 6) is -1.23. The van der Waals surface area contributed by atoms with Crippen LogP contribution < -0.4 is 10.6 Å². The van der Waals surface area contributed by atoms with Gasteiger partial charge >= 0.3 is 5.97 Å². The average molecular weight is 292 g/mol. The van der Waals surface area contributed by atoms with E-state index in [0.717, 1.165) is 0 Å². The van der Waals surface area contributed by atoms with E-state index in [1.165, 1.54) is 0 Å². The van der Waals surface area contributed by atoms with Crippen molar-refractivity contribution in [2.75, 3.05) is 18.1 Å². The Morgan fingerprint density at radius 3 is 2.68 bits per heavy atom. The Morgan fingerprint density at radius 1 is 1.47 bits per heavy atom. The highest BCUT2D eigenvalue weighted by atomic mass is 32.2. The van der Waals surface area contributed by atoms with Gasteiger partial charge in [-0.2, -0.15) is 0 Å². The third kappa shape index (κ3) is 6.02. The summed E-state index contributed by atoms with van der Waals surface area (Å²) in [4.78, 5) is 22.3. The largest absolute Gasteiger partial charge is 0.481 e. The molecular weight excluding hydrogens is 272 g/mol. The highest BCUT2D eigenvalue weighted by Crippen LogP contribution is 2.06. The molecule has 1 aliphatic heterocycles. The first-order valence-electron chi connectivity index (χ1n) is 6.27. The molecule has 2 unspecified atom stereocenters. The third-order valence-corrected chi connectivity index (χ3v) is 4.75. The monoisotopic (exact) mass is 292 g/mol. The summed E-state index contributed by atoms with van der Waals surface area (Å²) < 4.78 is 22.8. The molecular formula is C11H20N2O5S. The fourth-order valence-electron chi connectivity index (χ4n) is 2.02. The molecule has 0 spiro atoms. The molecule has 8 heteroatoms. The van der Waals surface area contributed by atoms with E-state index in [2.05, 4.69) is 10.6 Å². The van der Waals surface area contributed by atoms with Gasteiger partial charge in [0.05, 0.1) is 17.9 Å². The molecule has 0 aromatic carbocycles. The summed E-state index contributed by atoms with van der Waals surface area (Å²) in [5.41, 5.74) is 0.